The molecule has 0 saturated carbocycles. The van der Waals surface area contributed by atoms with E-state index in [1.54, 1.807) is 12.1 Å². The molecule has 6 unspecified atom stereocenters. The minimum atomic E-state index is -1.88. The van der Waals surface area contributed by atoms with E-state index in [1.165, 1.54) is 18.2 Å². The Hall–Kier alpha value is -3.38. The van der Waals surface area contributed by atoms with Crippen LogP contribution in [-0.4, -0.2) is 73.1 Å². The maximum Gasteiger partial charge on any atom is 0.335 e. The summed E-state index contributed by atoms with van der Waals surface area (Å²) in [6, 6.07) is 8.37. The molecule has 2 aliphatic heterocycles. The summed E-state index contributed by atoms with van der Waals surface area (Å²) >= 11 is 0. The number of fused-ring (bicyclic) bond motifs is 1. The molecule has 6 atom stereocenters. The van der Waals surface area contributed by atoms with Crippen molar-refractivity contribution in [2.24, 2.45) is 0 Å². The predicted molar refractivity (Wildman–Crippen MR) is 103 cm³/mol. The van der Waals surface area contributed by atoms with Crippen molar-refractivity contribution in [1.82, 2.24) is 0 Å². The van der Waals surface area contributed by atoms with E-state index >= 15 is 0 Å². The number of ketones is 1. The number of carboxylic acid groups (broad SMARTS) is 1. The summed E-state index contributed by atoms with van der Waals surface area (Å²) in [5, 5.41) is 58.7. The topological polar surface area (TPSA) is 183 Å². The smallest absolute Gasteiger partial charge is 0.335 e. The Morgan fingerprint density at radius 3 is 2.34 bits per heavy atom. The molecule has 2 aromatic rings. The zero-order valence-electron chi connectivity index (χ0n) is 16.4. The van der Waals surface area contributed by atoms with Crippen LogP contribution in [0.5, 0.6) is 23.0 Å². The Kier molecular flexibility index (Phi) is 5.65. The third-order valence-corrected chi connectivity index (χ3v) is 5.30. The van der Waals surface area contributed by atoms with Gasteiger partial charge in [0.25, 0.3) is 0 Å². The van der Waals surface area contributed by atoms with Crippen LogP contribution in [0.4, 0.5) is 0 Å². The molecular formula is C21H20O11. The van der Waals surface area contributed by atoms with Crippen molar-refractivity contribution in [2.75, 3.05) is 0 Å². The van der Waals surface area contributed by atoms with Crippen molar-refractivity contribution in [1.29, 1.82) is 0 Å². The fourth-order valence-corrected chi connectivity index (χ4v) is 3.64. The van der Waals surface area contributed by atoms with Crippen molar-refractivity contribution in [3.05, 3.63) is 47.5 Å². The maximum atomic E-state index is 12.6. The van der Waals surface area contributed by atoms with E-state index in [0.29, 0.717) is 5.56 Å². The van der Waals surface area contributed by atoms with Gasteiger partial charge in [-0.3, -0.25) is 4.79 Å². The van der Waals surface area contributed by atoms with Crippen molar-refractivity contribution in [3.63, 3.8) is 0 Å². The highest BCUT2D eigenvalue weighted by atomic mass is 16.7. The van der Waals surface area contributed by atoms with E-state index in [9.17, 15) is 35.1 Å². The number of rotatable bonds is 4. The van der Waals surface area contributed by atoms with Gasteiger partial charge in [0.2, 0.25) is 6.29 Å². The molecule has 1 saturated heterocycles. The molecule has 170 valence electrons. The van der Waals surface area contributed by atoms with E-state index in [1.807, 2.05) is 0 Å². The molecule has 6 N–H and O–H groups in total. The van der Waals surface area contributed by atoms with Gasteiger partial charge >= 0.3 is 5.97 Å². The highest BCUT2D eigenvalue weighted by Crippen LogP contribution is 2.42. The first kappa shape index (κ1) is 21.8. The van der Waals surface area contributed by atoms with Crippen LogP contribution in [0.15, 0.2) is 36.4 Å². The molecule has 0 bridgehead atoms. The molecule has 2 aliphatic rings. The highest BCUT2D eigenvalue weighted by molar-refractivity contribution is 6.02. The van der Waals surface area contributed by atoms with Crippen LogP contribution in [0, 0.1) is 0 Å². The van der Waals surface area contributed by atoms with Crippen LogP contribution >= 0.6 is 0 Å². The quantitative estimate of drug-likeness (QED) is 0.372. The van der Waals surface area contributed by atoms with E-state index in [0.717, 1.165) is 6.07 Å². The number of hydrogen-bond donors (Lipinski definition) is 6. The Labute approximate surface area is 180 Å². The molecule has 11 heteroatoms. The molecule has 2 heterocycles. The number of carboxylic acids is 1. The lowest BCUT2D eigenvalue weighted by molar-refractivity contribution is -0.271. The lowest BCUT2D eigenvalue weighted by atomic mass is 9.95. The fourth-order valence-electron chi connectivity index (χ4n) is 3.64. The molecule has 2 aromatic carbocycles. The molecule has 0 amide bonds. The number of Topliss-reactive ketones (excluding diaryl/α,β-unsaturated/α-hetero) is 1. The number of carbonyl (C=O) groups is 2. The number of benzene rings is 2. The Balaban J connectivity index is 1.60. The van der Waals surface area contributed by atoms with E-state index in [4.69, 9.17) is 19.3 Å². The average molecular weight is 448 g/mol. The summed E-state index contributed by atoms with van der Waals surface area (Å²) in [5.74, 6) is -2.55. The number of phenolic OH excluding ortho intramolecular Hbond substituents is 2. The monoisotopic (exact) mass is 448 g/mol. The molecule has 11 nitrogen and oxygen atoms in total. The first-order valence-electron chi connectivity index (χ1n) is 9.60. The normalized spacial score (nSPS) is 29.7. The molecular weight excluding hydrogens is 428 g/mol. The largest absolute Gasteiger partial charge is 0.508 e. The first-order valence-corrected chi connectivity index (χ1v) is 9.60. The molecule has 0 radical (unpaired) electrons. The van der Waals surface area contributed by atoms with Crippen LogP contribution in [-0.2, 0) is 9.53 Å². The number of carbonyl (C=O) groups excluding carboxylic acids is 1. The van der Waals surface area contributed by atoms with Crippen molar-refractivity contribution < 1.29 is 54.4 Å². The van der Waals surface area contributed by atoms with Gasteiger partial charge in [-0.2, -0.15) is 0 Å². The van der Waals surface area contributed by atoms with Crippen LogP contribution in [0.1, 0.15) is 28.4 Å². The van der Waals surface area contributed by atoms with E-state index < -0.39 is 54.3 Å². The van der Waals surface area contributed by atoms with E-state index in [2.05, 4.69) is 0 Å². The molecule has 0 aromatic heterocycles. The SMILES string of the molecule is O=C1CC(c2ccc(O)cc2)Oc2cc(OC3OC(C(=O)O)C(O)C(O)C3O)cc(O)c21. The van der Waals surface area contributed by atoms with E-state index in [-0.39, 0.29) is 29.2 Å². The Morgan fingerprint density at radius 1 is 1.00 bits per heavy atom. The number of phenols is 2. The van der Waals surface area contributed by atoms with Gasteiger partial charge in [-0.1, -0.05) is 12.1 Å². The second-order valence-corrected chi connectivity index (χ2v) is 7.49. The van der Waals surface area contributed by atoms with Crippen molar-refractivity contribution in [2.45, 2.75) is 43.2 Å². The van der Waals surface area contributed by atoms with Crippen molar-refractivity contribution in [3.8, 4) is 23.0 Å². The third-order valence-electron chi connectivity index (χ3n) is 5.30. The van der Waals surface area contributed by atoms with Gasteiger partial charge in [-0.15, -0.1) is 0 Å². The lowest BCUT2D eigenvalue weighted by Gasteiger charge is -2.38. The van der Waals surface area contributed by atoms with Crippen LogP contribution < -0.4 is 9.47 Å². The Bertz CT molecular complexity index is 1030. The molecule has 32 heavy (non-hydrogen) atoms. The predicted octanol–water partition coefficient (Wildman–Crippen LogP) is 0.0753. The second kappa shape index (κ2) is 8.28. The summed E-state index contributed by atoms with van der Waals surface area (Å²) in [4.78, 5) is 23.8. The fraction of sp³-hybridized carbons (Fsp3) is 0.333. The van der Waals surface area contributed by atoms with Gasteiger partial charge in [-0.05, 0) is 17.7 Å². The maximum absolute atomic E-state index is 12.6. The standard InChI is InChI=1S/C21H20O11/c22-9-3-1-8(2-4-9)13-7-12(24)15-11(23)5-10(6-14(15)31-13)30-21-18(27)16(25)17(26)19(32-21)20(28)29/h1-6,13,16-19,21-23,25-27H,7H2,(H,28,29). The summed E-state index contributed by atoms with van der Waals surface area (Å²) < 4.78 is 16.3. The number of aliphatic hydroxyl groups excluding tert-OH is 3. The highest BCUT2D eigenvalue weighted by Gasteiger charge is 2.48. The summed E-state index contributed by atoms with van der Waals surface area (Å²) in [6.45, 7) is 0. The number of hydrogen-bond acceptors (Lipinski definition) is 10. The van der Waals surface area contributed by atoms with Gasteiger partial charge in [0.15, 0.2) is 11.9 Å². The van der Waals surface area contributed by atoms with Gasteiger partial charge in [0.1, 0.15) is 53.0 Å². The average Bonchev–Trinajstić information content (AvgIpc) is 2.73. The minimum Gasteiger partial charge on any atom is -0.508 e. The number of aromatic hydroxyl groups is 2. The van der Waals surface area contributed by atoms with Gasteiger partial charge in [0, 0.05) is 12.1 Å². The first-order chi connectivity index (χ1) is 15.2. The van der Waals surface area contributed by atoms with Crippen molar-refractivity contribution >= 4 is 11.8 Å². The summed E-state index contributed by atoms with van der Waals surface area (Å²) in [6.07, 6.45) is -9.86. The number of aliphatic carboxylic acids is 1. The van der Waals surface area contributed by atoms with Gasteiger partial charge < -0.3 is 44.8 Å². The van der Waals surface area contributed by atoms with Gasteiger partial charge in [0.05, 0.1) is 6.42 Å². The third kappa shape index (κ3) is 3.94. The van der Waals surface area contributed by atoms with Gasteiger partial charge in [-0.25, -0.2) is 4.79 Å². The zero-order valence-corrected chi connectivity index (χ0v) is 16.4. The van der Waals surface area contributed by atoms with Crippen LogP contribution in [0.3, 0.4) is 0 Å². The van der Waals surface area contributed by atoms with Crippen LogP contribution in [0.25, 0.3) is 0 Å². The van der Waals surface area contributed by atoms with Crippen LogP contribution in [0.2, 0.25) is 0 Å². The molecule has 4 rings (SSSR count). The molecule has 0 aliphatic carbocycles. The Morgan fingerprint density at radius 2 is 1.69 bits per heavy atom. The number of aliphatic hydroxyl groups is 3. The molecule has 0 spiro atoms. The lowest BCUT2D eigenvalue weighted by Crippen LogP contribution is -2.61. The summed E-state index contributed by atoms with van der Waals surface area (Å²) in [7, 11) is 0. The second-order valence-electron chi connectivity index (χ2n) is 7.49. The number of ether oxygens (including phenoxy) is 3. The zero-order chi connectivity index (χ0) is 23.2. The minimum absolute atomic E-state index is 0.0185. The molecule has 1 fully saturated rings. The summed E-state index contributed by atoms with van der Waals surface area (Å²) in [5.41, 5.74) is 0.538.